The number of nitrogens with one attached hydrogen (secondary N) is 1. The molecule has 1 aliphatic rings. The van der Waals surface area contributed by atoms with E-state index in [4.69, 9.17) is 17.2 Å². The van der Waals surface area contributed by atoms with E-state index < -0.39 is 0 Å². The first-order valence-electron chi connectivity index (χ1n) is 9.54. The molecule has 1 aromatic carbocycles. The highest BCUT2D eigenvalue weighted by Gasteiger charge is 2.31. The smallest absolute Gasteiger partial charge is 0.267 e. The maximum atomic E-state index is 13.3. The lowest BCUT2D eigenvalue weighted by Crippen LogP contribution is -2.27. The Morgan fingerprint density at radius 1 is 1.17 bits per heavy atom. The second kappa shape index (κ2) is 8.41. The molecule has 3 aromatic rings. The van der Waals surface area contributed by atoms with Crippen molar-refractivity contribution in [3.05, 3.63) is 80.6 Å². The van der Waals surface area contributed by atoms with Gasteiger partial charge in [-0.15, -0.1) is 0 Å². The lowest BCUT2D eigenvalue weighted by molar-refractivity contribution is -0.121. The molecule has 30 heavy (non-hydrogen) atoms. The third-order valence-corrected chi connectivity index (χ3v) is 6.23. The molecule has 0 unspecified atom stereocenters. The first kappa shape index (κ1) is 20.3. The highest BCUT2D eigenvalue weighted by molar-refractivity contribution is 8.26. The number of thioether (sulfide) groups is 1. The van der Waals surface area contributed by atoms with Crippen molar-refractivity contribution in [1.82, 2.24) is 14.3 Å². The number of thiocarbonyl (C=S) groups is 1. The zero-order valence-corrected chi connectivity index (χ0v) is 18.2. The summed E-state index contributed by atoms with van der Waals surface area (Å²) in [5.74, 6) is 0.259. The molecule has 6 nitrogen and oxygen atoms in total. The second-order valence-corrected chi connectivity index (χ2v) is 8.50. The summed E-state index contributed by atoms with van der Waals surface area (Å²) in [7, 11) is 0. The predicted octanol–water partition coefficient (Wildman–Crippen LogP) is 3.84. The van der Waals surface area contributed by atoms with Crippen LogP contribution in [0, 0.1) is 6.92 Å². The average molecular weight is 437 g/mol. The molecule has 0 spiro atoms. The van der Waals surface area contributed by atoms with Crippen LogP contribution in [0.5, 0.6) is 0 Å². The number of rotatable bonds is 5. The summed E-state index contributed by atoms with van der Waals surface area (Å²) in [5.41, 5.74) is 2.64. The molecule has 8 heteroatoms. The van der Waals surface area contributed by atoms with Gasteiger partial charge in [-0.1, -0.05) is 60.4 Å². The van der Waals surface area contributed by atoms with E-state index in [9.17, 15) is 9.59 Å². The molecular formula is C22H20N4O2S2. The highest BCUT2D eigenvalue weighted by atomic mass is 32.2. The van der Waals surface area contributed by atoms with Crippen LogP contribution in [0.4, 0.5) is 5.82 Å². The standard InChI is InChI=1S/C22H20N4O2S2/c1-3-25-21(28)17(30-22(25)29)12-16-18(23-13-15-9-5-4-6-10-15)24-19-14(2)8-7-11-26(19)20(16)27/h4-12,23H,3,13H2,1-2H3/b17-12+. The van der Waals surface area contributed by atoms with Gasteiger partial charge in [0.2, 0.25) is 0 Å². The van der Waals surface area contributed by atoms with Crippen LogP contribution < -0.4 is 10.9 Å². The van der Waals surface area contributed by atoms with Gasteiger partial charge in [0.25, 0.3) is 11.5 Å². The molecular weight excluding hydrogens is 416 g/mol. The van der Waals surface area contributed by atoms with Crippen molar-refractivity contribution in [2.24, 2.45) is 0 Å². The number of hydrogen-bond acceptors (Lipinski definition) is 6. The summed E-state index contributed by atoms with van der Waals surface area (Å²) in [5, 5.41) is 3.28. The van der Waals surface area contributed by atoms with Crippen LogP contribution in [-0.2, 0) is 11.3 Å². The molecule has 0 saturated carbocycles. The largest absolute Gasteiger partial charge is 0.365 e. The summed E-state index contributed by atoms with van der Waals surface area (Å²) in [6.45, 7) is 4.78. The molecule has 1 aliphatic heterocycles. The lowest BCUT2D eigenvalue weighted by atomic mass is 10.2. The van der Waals surface area contributed by atoms with E-state index in [1.165, 1.54) is 21.1 Å². The quantitative estimate of drug-likeness (QED) is 0.484. The Bertz CT molecular complexity index is 1240. The number of benzene rings is 1. The molecule has 0 atom stereocenters. The zero-order chi connectivity index (χ0) is 21.3. The van der Waals surface area contributed by atoms with Crippen molar-refractivity contribution < 1.29 is 4.79 Å². The fraction of sp³-hybridized carbons (Fsp3) is 0.182. The van der Waals surface area contributed by atoms with Crippen LogP contribution in [0.3, 0.4) is 0 Å². The Kier molecular flexibility index (Phi) is 5.69. The predicted molar refractivity (Wildman–Crippen MR) is 126 cm³/mol. The minimum atomic E-state index is -0.235. The zero-order valence-electron chi connectivity index (χ0n) is 16.6. The van der Waals surface area contributed by atoms with E-state index in [1.807, 2.05) is 56.3 Å². The molecule has 0 radical (unpaired) electrons. The van der Waals surface area contributed by atoms with Gasteiger partial charge in [-0.05, 0) is 37.1 Å². The minimum absolute atomic E-state index is 0.185. The third-order valence-electron chi connectivity index (χ3n) is 4.85. The van der Waals surface area contributed by atoms with Gasteiger partial charge in [-0.25, -0.2) is 4.98 Å². The summed E-state index contributed by atoms with van der Waals surface area (Å²) in [6.07, 6.45) is 3.29. The number of aromatic nitrogens is 2. The van der Waals surface area contributed by atoms with Crippen LogP contribution >= 0.6 is 24.0 Å². The number of fused-ring (bicyclic) bond motifs is 1. The Hall–Kier alpha value is -2.97. The van der Waals surface area contributed by atoms with Crippen molar-refractivity contribution in [1.29, 1.82) is 0 Å². The van der Waals surface area contributed by atoms with E-state index in [2.05, 4.69) is 5.32 Å². The van der Waals surface area contributed by atoms with Gasteiger partial charge in [0, 0.05) is 19.3 Å². The Morgan fingerprint density at radius 2 is 1.93 bits per heavy atom. The maximum absolute atomic E-state index is 13.3. The summed E-state index contributed by atoms with van der Waals surface area (Å²) in [4.78, 5) is 32.7. The number of anilines is 1. The minimum Gasteiger partial charge on any atom is -0.365 e. The number of pyridine rings is 1. The van der Waals surface area contributed by atoms with Crippen molar-refractivity contribution in [3.63, 3.8) is 0 Å². The third kappa shape index (κ3) is 3.76. The van der Waals surface area contributed by atoms with E-state index in [0.29, 0.717) is 39.3 Å². The average Bonchev–Trinajstić information content (AvgIpc) is 3.02. The van der Waals surface area contributed by atoms with E-state index in [-0.39, 0.29) is 11.5 Å². The molecule has 1 amide bonds. The Morgan fingerprint density at radius 3 is 2.63 bits per heavy atom. The molecule has 2 aromatic heterocycles. The molecule has 0 bridgehead atoms. The van der Waals surface area contributed by atoms with Gasteiger partial charge in [0.1, 0.15) is 15.8 Å². The Balaban J connectivity index is 1.83. The second-order valence-electron chi connectivity index (χ2n) is 6.83. The number of aryl methyl sites for hydroxylation is 1. The Labute approximate surface area is 183 Å². The number of carbonyl (C=O) groups is 1. The number of carbonyl (C=O) groups excluding carboxylic acids is 1. The molecule has 1 fully saturated rings. The van der Waals surface area contributed by atoms with Gasteiger partial charge >= 0.3 is 0 Å². The van der Waals surface area contributed by atoms with Crippen LogP contribution in [0.1, 0.15) is 23.6 Å². The monoisotopic (exact) mass is 436 g/mol. The number of amides is 1. The van der Waals surface area contributed by atoms with Gasteiger partial charge in [-0.3, -0.25) is 18.9 Å². The van der Waals surface area contributed by atoms with Gasteiger partial charge in [-0.2, -0.15) is 0 Å². The van der Waals surface area contributed by atoms with Crippen LogP contribution in [-0.4, -0.2) is 31.1 Å². The van der Waals surface area contributed by atoms with Gasteiger partial charge in [0.05, 0.1) is 10.5 Å². The molecule has 152 valence electrons. The van der Waals surface area contributed by atoms with Crippen LogP contribution in [0.25, 0.3) is 11.7 Å². The molecule has 3 heterocycles. The lowest BCUT2D eigenvalue weighted by Gasteiger charge is -2.12. The van der Waals surface area contributed by atoms with E-state index in [0.717, 1.165) is 11.1 Å². The first-order valence-corrected chi connectivity index (χ1v) is 10.8. The van der Waals surface area contributed by atoms with Crippen molar-refractivity contribution in [2.45, 2.75) is 20.4 Å². The van der Waals surface area contributed by atoms with E-state index >= 15 is 0 Å². The number of nitrogens with zero attached hydrogens (tertiary/aromatic N) is 3. The molecule has 1 saturated heterocycles. The highest BCUT2D eigenvalue weighted by Crippen LogP contribution is 2.32. The number of hydrogen-bond donors (Lipinski definition) is 1. The summed E-state index contributed by atoms with van der Waals surface area (Å²) in [6, 6.07) is 13.6. The van der Waals surface area contributed by atoms with Crippen molar-refractivity contribution in [2.75, 3.05) is 11.9 Å². The molecule has 4 rings (SSSR count). The normalized spacial score (nSPS) is 15.4. The first-order chi connectivity index (χ1) is 14.5. The topological polar surface area (TPSA) is 66.7 Å². The van der Waals surface area contributed by atoms with Crippen LogP contribution in [0.2, 0.25) is 0 Å². The summed E-state index contributed by atoms with van der Waals surface area (Å²) < 4.78 is 2.01. The SMILES string of the molecule is CCN1C(=O)/C(=C\c2c(NCc3ccccc3)nc3c(C)cccn3c2=O)SC1=S. The van der Waals surface area contributed by atoms with Crippen LogP contribution in [0.15, 0.2) is 58.4 Å². The fourth-order valence-electron chi connectivity index (χ4n) is 3.26. The molecule has 0 aliphatic carbocycles. The van der Waals surface area contributed by atoms with Crippen molar-refractivity contribution >= 4 is 51.7 Å². The summed E-state index contributed by atoms with van der Waals surface area (Å²) >= 11 is 6.50. The fourth-order valence-corrected chi connectivity index (χ4v) is 4.63. The maximum Gasteiger partial charge on any atom is 0.267 e. The van der Waals surface area contributed by atoms with E-state index in [1.54, 1.807) is 12.3 Å². The van der Waals surface area contributed by atoms with Gasteiger partial charge < -0.3 is 5.32 Å². The van der Waals surface area contributed by atoms with Crippen molar-refractivity contribution in [3.8, 4) is 0 Å². The van der Waals surface area contributed by atoms with Gasteiger partial charge in [0.15, 0.2) is 0 Å². The molecule has 1 N–H and O–H groups in total. The number of likely N-dealkylation sites (N-methyl/N-ethyl adjacent to an activating group) is 1.